The molecule has 2 unspecified atom stereocenters. The molecule has 0 aromatic carbocycles. The zero-order valence-electron chi connectivity index (χ0n) is 7.91. The third-order valence-electron chi connectivity index (χ3n) is 2.95. The summed E-state index contributed by atoms with van der Waals surface area (Å²) < 4.78 is 0. The monoisotopic (exact) mass is 182 g/mol. The SMILES string of the molecule is CC(=O)C1(C)CC=CCC1C(=O)O. The van der Waals surface area contributed by atoms with Crippen LogP contribution in [0, 0.1) is 11.3 Å². The van der Waals surface area contributed by atoms with Gasteiger partial charge in [-0.05, 0) is 19.8 Å². The fourth-order valence-electron chi connectivity index (χ4n) is 1.73. The van der Waals surface area contributed by atoms with Crippen LogP contribution >= 0.6 is 0 Å². The molecule has 0 fully saturated rings. The summed E-state index contributed by atoms with van der Waals surface area (Å²) in [5.41, 5.74) is -0.708. The number of carboxylic acid groups (broad SMARTS) is 1. The van der Waals surface area contributed by atoms with Crippen molar-refractivity contribution in [1.29, 1.82) is 0 Å². The van der Waals surface area contributed by atoms with Crippen LogP contribution in [0.15, 0.2) is 12.2 Å². The first-order valence-electron chi connectivity index (χ1n) is 4.37. The highest BCUT2D eigenvalue weighted by Crippen LogP contribution is 2.38. The molecule has 2 atom stereocenters. The number of ketones is 1. The number of carbonyl (C=O) groups excluding carboxylic acids is 1. The predicted octanol–water partition coefficient (Wildman–Crippen LogP) is 1.63. The molecule has 13 heavy (non-hydrogen) atoms. The Hall–Kier alpha value is -1.12. The second kappa shape index (κ2) is 3.32. The largest absolute Gasteiger partial charge is 0.481 e. The van der Waals surface area contributed by atoms with E-state index in [1.807, 2.05) is 12.2 Å². The molecule has 1 aliphatic rings. The van der Waals surface area contributed by atoms with Crippen LogP contribution in [0.5, 0.6) is 0 Å². The lowest BCUT2D eigenvalue weighted by Gasteiger charge is -2.33. The Morgan fingerprint density at radius 1 is 1.46 bits per heavy atom. The molecule has 3 nitrogen and oxygen atoms in total. The van der Waals surface area contributed by atoms with Crippen molar-refractivity contribution in [2.75, 3.05) is 0 Å². The molecular formula is C10H14O3. The Morgan fingerprint density at radius 2 is 2.08 bits per heavy atom. The van der Waals surface area contributed by atoms with E-state index in [-0.39, 0.29) is 5.78 Å². The summed E-state index contributed by atoms with van der Waals surface area (Å²) in [4.78, 5) is 22.2. The highest BCUT2D eigenvalue weighted by Gasteiger charge is 2.42. The molecule has 0 amide bonds. The summed E-state index contributed by atoms with van der Waals surface area (Å²) >= 11 is 0. The number of rotatable bonds is 2. The molecule has 1 N–H and O–H groups in total. The van der Waals surface area contributed by atoms with Gasteiger partial charge in [0.2, 0.25) is 0 Å². The van der Waals surface area contributed by atoms with Crippen molar-refractivity contribution in [3.05, 3.63) is 12.2 Å². The Kier molecular flexibility index (Phi) is 2.55. The molecule has 0 aromatic rings. The first kappa shape index (κ1) is 9.96. The fraction of sp³-hybridized carbons (Fsp3) is 0.600. The van der Waals surface area contributed by atoms with Crippen molar-refractivity contribution in [2.24, 2.45) is 11.3 Å². The van der Waals surface area contributed by atoms with Gasteiger partial charge in [-0.25, -0.2) is 0 Å². The second-order valence-electron chi connectivity index (χ2n) is 3.78. The van der Waals surface area contributed by atoms with Crippen LogP contribution in [0.2, 0.25) is 0 Å². The molecule has 0 aromatic heterocycles. The van der Waals surface area contributed by atoms with E-state index >= 15 is 0 Å². The number of hydrogen-bond donors (Lipinski definition) is 1. The number of carbonyl (C=O) groups is 2. The molecule has 0 saturated heterocycles. The number of aliphatic carboxylic acids is 1. The number of hydrogen-bond acceptors (Lipinski definition) is 2. The van der Waals surface area contributed by atoms with Crippen molar-refractivity contribution in [3.63, 3.8) is 0 Å². The van der Waals surface area contributed by atoms with Crippen LogP contribution in [0.3, 0.4) is 0 Å². The van der Waals surface area contributed by atoms with Crippen molar-refractivity contribution in [3.8, 4) is 0 Å². The van der Waals surface area contributed by atoms with Gasteiger partial charge in [-0.3, -0.25) is 9.59 Å². The summed E-state index contributed by atoms with van der Waals surface area (Å²) in [6, 6.07) is 0. The normalized spacial score (nSPS) is 32.9. The van der Waals surface area contributed by atoms with E-state index in [2.05, 4.69) is 0 Å². The molecule has 1 aliphatic carbocycles. The Labute approximate surface area is 77.4 Å². The van der Waals surface area contributed by atoms with Gasteiger partial charge in [0.1, 0.15) is 5.78 Å². The zero-order chi connectivity index (χ0) is 10.1. The minimum Gasteiger partial charge on any atom is -0.481 e. The van der Waals surface area contributed by atoms with E-state index < -0.39 is 17.3 Å². The van der Waals surface area contributed by atoms with Crippen LogP contribution in [-0.4, -0.2) is 16.9 Å². The van der Waals surface area contributed by atoms with Gasteiger partial charge in [0, 0.05) is 5.41 Å². The quantitative estimate of drug-likeness (QED) is 0.660. The lowest BCUT2D eigenvalue weighted by Crippen LogP contribution is -2.40. The number of carboxylic acids is 1. The Morgan fingerprint density at radius 3 is 2.46 bits per heavy atom. The summed E-state index contributed by atoms with van der Waals surface area (Å²) in [6.07, 6.45) is 4.73. The van der Waals surface area contributed by atoms with Gasteiger partial charge >= 0.3 is 5.97 Å². The maximum absolute atomic E-state index is 11.3. The standard InChI is InChI=1S/C10H14O3/c1-7(11)10(2)6-4-3-5-8(10)9(12)13/h3-4,8H,5-6H2,1-2H3,(H,12,13). The van der Waals surface area contributed by atoms with Crippen molar-refractivity contribution in [1.82, 2.24) is 0 Å². The van der Waals surface area contributed by atoms with E-state index in [0.29, 0.717) is 12.8 Å². The maximum Gasteiger partial charge on any atom is 0.307 e. The molecule has 0 aliphatic heterocycles. The van der Waals surface area contributed by atoms with Crippen LogP contribution in [0.1, 0.15) is 26.7 Å². The molecule has 0 spiro atoms. The van der Waals surface area contributed by atoms with Gasteiger partial charge < -0.3 is 5.11 Å². The minimum absolute atomic E-state index is 0.0377. The van der Waals surface area contributed by atoms with Gasteiger partial charge in [0.15, 0.2) is 0 Å². The summed E-state index contributed by atoms with van der Waals surface area (Å²) in [7, 11) is 0. The van der Waals surface area contributed by atoms with Gasteiger partial charge in [0.25, 0.3) is 0 Å². The summed E-state index contributed by atoms with van der Waals surface area (Å²) in [6.45, 7) is 3.20. The smallest absolute Gasteiger partial charge is 0.307 e. The summed E-state index contributed by atoms with van der Waals surface area (Å²) in [5.74, 6) is -1.47. The lowest BCUT2D eigenvalue weighted by atomic mass is 9.68. The third-order valence-corrected chi connectivity index (χ3v) is 2.95. The topological polar surface area (TPSA) is 54.4 Å². The van der Waals surface area contributed by atoms with Gasteiger partial charge in [-0.1, -0.05) is 19.1 Å². The molecule has 0 saturated carbocycles. The highest BCUT2D eigenvalue weighted by molar-refractivity contribution is 5.88. The lowest BCUT2D eigenvalue weighted by molar-refractivity contribution is -0.151. The molecule has 0 radical (unpaired) electrons. The maximum atomic E-state index is 11.3. The van der Waals surface area contributed by atoms with E-state index in [1.54, 1.807) is 6.92 Å². The van der Waals surface area contributed by atoms with E-state index in [1.165, 1.54) is 6.92 Å². The van der Waals surface area contributed by atoms with E-state index in [0.717, 1.165) is 0 Å². The first-order valence-corrected chi connectivity index (χ1v) is 4.37. The first-order chi connectivity index (χ1) is 5.98. The molecular weight excluding hydrogens is 168 g/mol. The van der Waals surface area contributed by atoms with Crippen LogP contribution < -0.4 is 0 Å². The molecule has 72 valence electrons. The average molecular weight is 182 g/mol. The van der Waals surface area contributed by atoms with Crippen LogP contribution in [-0.2, 0) is 9.59 Å². The van der Waals surface area contributed by atoms with Gasteiger partial charge in [-0.15, -0.1) is 0 Å². The zero-order valence-corrected chi connectivity index (χ0v) is 7.91. The van der Waals surface area contributed by atoms with E-state index in [4.69, 9.17) is 5.11 Å². The van der Waals surface area contributed by atoms with Crippen molar-refractivity contribution >= 4 is 11.8 Å². The van der Waals surface area contributed by atoms with Crippen molar-refractivity contribution in [2.45, 2.75) is 26.7 Å². The fourth-order valence-corrected chi connectivity index (χ4v) is 1.73. The third kappa shape index (κ3) is 1.64. The average Bonchev–Trinajstić information content (AvgIpc) is 2.04. The second-order valence-corrected chi connectivity index (χ2v) is 3.78. The van der Waals surface area contributed by atoms with Crippen molar-refractivity contribution < 1.29 is 14.7 Å². The minimum atomic E-state index is -0.873. The van der Waals surface area contributed by atoms with E-state index in [9.17, 15) is 9.59 Å². The summed E-state index contributed by atoms with van der Waals surface area (Å²) in [5, 5.41) is 8.94. The molecule has 1 rings (SSSR count). The highest BCUT2D eigenvalue weighted by atomic mass is 16.4. The number of Topliss-reactive ketones (excluding diaryl/α,β-unsaturated/α-hetero) is 1. The predicted molar refractivity (Wildman–Crippen MR) is 48.3 cm³/mol. The molecule has 0 heterocycles. The Balaban J connectivity index is 2.99. The molecule has 3 heteroatoms. The van der Waals surface area contributed by atoms with Gasteiger partial charge in [-0.2, -0.15) is 0 Å². The van der Waals surface area contributed by atoms with Gasteiger partial charge in [0.05, 0.1) is 5.92 Å². The molecule has 0 bridgehead atoms. The Bertz CT molecular complexity index is 267. The van der Waals surface area contributed by atoms with Crippen LogP contribution in [0.25, 0.3) is 0 Å². The number of allylic oxidation sites excluding steroid dienone is 2. The van der Waals surface area contributed by atoms with Crippen LogP contribution in [0.4, 0.5) is 0 Å².